The SMILES string of the molecule is COc1c(CO)cc(-c2ccc(C(C)(C)C)cc2)cc1CCl. The largest absolute Gasteiger partial charge is 0.496 e. The van der Waals surface area contributed by atoms with Crippen molar-refractivity contribution in [3.63, 3.8) is 0 Å². The third-order valence-electron chi connectivity index (χ3n) is 3.85. The van der Waals surface area contributed by atoms with Gasteiger partial charge in [0.25, 0.3) is 0 Å². The van der Waals surface area contributed by atoms with E-state index in [1.165, 1.54) is 5.56 Å². The zero-order chi connectivity index (χ0) is 16.3. The highest BCUT2D eigenvalue weighted by Crippen LogP contribution is 2.33. The Bertz CT molecular complexity index is 614. The first kappa shape index (κ1) is 16.9. The molecule has 0 aliphatic rings. The van der Waals surface area contributed by atoms with E-state index in [4.69, 9.17) is 16.3 Å². The number of aliphatic hydroxyl groups is 1. The minimum Gasteiger partial charge on any atom is -0.496 e. The van der Waals surface area contributed by atoms with E-state index < -0.39 is 0 Å². The number of rotatable bonds is 4. The first-order chi connectivity index (χ1) is 10.4. The van der Waals surface area contributed by atoms with Crippen LogP contribution in [0.1, 0.15) is 37.5 Å². The molecule has 2 aromatic rings. The van der Waals surface area contributed by atoms with Crippen LogP contribution in [0.25, 0.3) is 11.1 Å². The van der Waals surface area contributed by atoms with Gasteiger partial charge in [-0.2, -0.15) is 0 Å². The smallest absolute Gasteiger partial charge is 0.128 e. The van der Waals surface area contributed by atoms with E-state index in [9.17, 15) is 5.11 Å². The Labute approximate surface area is 137 Å². The summed E-state index contributed by atoms with van der Waals surface area (Å²) in [6.45, 7) is 6.53. The van der Waals surface area contributed by atoms with Crippen molar-refractivity contribution in [2.45, 2.75) is 38.7 Å². The molecule has 0 unspecified atom stereocenters. The number of hydrogen-bond donors (Lipinski definition) is 1. The van der Waals surface area contributed by atoms with Crippen molar-refractivity contribution in [3.05, 3.63) is 53.1 Å². The first-order valence-corrected chi connectivity index (χ1v) is 7.91. The van der Waals surface area contributed by atoms with Crippen molar-refractivity contribution in [3.8, 4) is 16.9 Å². The molecule has 1 N–H and O–H groups in total. The molecule has 0 fully saturated rings. The van der Waals surface area contributed by atoms with E-state index in [0.717, 1.165) is 22.3 Å². The van der Waals surface area contributed by atoms with Gasteiger partial charge < -0.3 is 9.84 Å². The predicted molar refractivity (Wildman–Crippen MR) is 92.6 cm³/mol. The van der Waals surface area contributed by atoms with Gasteiger partial charge in [-0.25, -0.2) is 0 Å². The van der Waals surface area contributed by atoms with Crippen molar-refractivity contribution >= 4 is 11.6 Å². The molecule has 0 aliphatic carbocycles. The van der Waals surface area contributed by atoms with E-state index in [-0.39, 0.29) is 12.0 Å². The third-order valence-corrected chi connectivity index (χ3v) is 4.13. The minimum absolute atomic E-state index is 0.0685. The topological polar surface area (TPSA) is 29.5 Å². The number of alkyl halides is 1. The van der Waals surface area contributed by atoms with E-state index >= 15 is 0 Å². The van der Waals surface area contributed by atoms with Crippen molar-refractivity contribution < 1.29 is 9.84 Å². The first-order valence-electron chi connectivity index (χ1n) is 7.38. The highest BCUT2D eigenvalue weighted by atomic mass is 35.5. The normalized spacial score (nSPS) is 11.5. The van der Waals surface area contributed by atoms with Crippen LogP contribution in [0.2, 0.25) is 0 Å². The second kappa shape index (κ2) is 6.72. The lowest BCUT2D eigenvalue weighted by molar-refractivity contribution is 0.273. The van der Waals surface area contributed by atoms with Gasteiger partial charge in [0.2, 0.25) is 0 Å². The number of ether oxygens (including phenoxy) is 1. The van der Waals surface area contributed by atoms with Crippen molar-refractivity contribution in [2.24, 2.45) is 0 Å². The second-order valence-corrected chi connectivity index (χ2v) is 6.71. The van der Waals surface area contributed by atoms with Crippen LogP contribution >= 0.6 is 11.6 Å². The molecule has 0 radical (unpaired) electrons. The lowest BCUT2D eigenvalue weighted by Gasteiger charge is -2.19. The fourth-order valence-corrected chi connectivity index (χ4v) is 2.76. The Balaban J connectivity index is 2.48. The third kappa shape index (κ3) is 3.45. The summed E-state index contributed by atoms with van der Waals surface area (Å²) in [5.74, 6) is 1.02. The summed E-state index contributed by atoms with van der Waals surface area (Å²) < 4.78 is 5.37. The molecular formula is C19H23ClO2. The van der Waals surface area contributed by atoms with Crippen LogP contribution in [0.15, 0.2) is 36.4 Å². The highest BCUT2D eigenvalue weighted by Gasteiger charge is 2.15. The molecule has 0 saturated heterocycles. The summed E-state index contributed by atoms with van der Waals surface area (Å²) in [7, 11) is 1.60. The molecular weight excluding hydrogens is 296 g/mol. The van der Waals surface area contributed by atoms with Gasteiger partial charge in [-0.3, -0.25) is 0 Å². The fourth-order valence-electron chi connectivity index (χ4n) is 2.56. The summed E-state index contributed by atoms with van der Waals surface area (Å²) in [5, 5.41) is 9.57. The molecule has 22 heavy (non-hydrogen) atoms. The molecule has 0 spiro atoms. The summed E-state index contributed by atoms with van der Waals surface area (Å²) in [6, 6.07) is 12.5. The molecule has 0 saturated carbocycles. The Hall–Kier alpha value is -1.51. The molecule has 0 bridgehead atoms. The number of benzene rings is 2. The molecule has 0 aromatic heterocycles. The van der Waals surface area contributed by atoms with Crippen LogP contribution in [0.3, 0.4) is 0 Å². The van der Waals surface area contributed by atoms with Gasteiger partial charge in [-0.1, -0.05) is 45.0 Å². The van der Waals surface area contributed by atoms with Crippen molar-refractivity contribution in [1.82, 2.24) is 0 Å². The summed E-state index contributed by atoms with van der Waals surface area (Å²) >= 11 is 6.02. The van der Waals surface area contributed by atoms with Crippen LogP contribution in [-0.2, 0) is 17.9 Å². The van der Waals surface area contributed by atoms with Crippen LogP contribution in [-0.4, -0.2) is 12.2 Å². The van der Waals surface area contributed by atoms with Crippen molar-refractivity contribution in [1.29, 1.82) is 0 Å². The number of methoxy groups -OCH3 is 1. The molecule has 3 heteroatoms. The molecule has 0 atom stereocenters. The van der Waals surface area contributed by atoms with E-state index in [1.807, 2.05) is 12.1 Å². The fraction of sp³-hybridized carbons (Fsp3) is 0.368. The van der Waals surface area contributed by atoms with Crippen LogP contribution in [0.5, 0.6) is 5.75 Å². The van der Waals surface area contributed by atoms with Gasteiger partial charge in [0.1, 0.15) is 5.75 Å². The summed E-state index contributed by atoms with van der Waals surface area (Å²) in [5.41, 5.74) is 5.24. The zero-order valence-corrected chi connectivity index (χ0v) is 14.4. The second-order valence-electron chi connectivity index (χ2n) is 6.45. The van der Waals surface area contributed by atoms with Crippen LogP contribution in [0, 0.1) is 0 Å². The van der Waals surface area contributed by atoms with Gasteiger partial charge in [-0.05, 0) is 34.2 Å². The summed E-state index contributed by atoms with van der Waals surface area (Å²) in [4.78, 5) is 0. The highest BCUT2D eigenvalue weighted by molar-refractivity contribution is 6.17. The van der Waals surface area contributed by atoms with E-state index in [0.29, 0.717) is 11.6 Å². The maximum absolute atomic E-state index is 9.57. The zero-order valence-electron chi connectivity index (χ0n) is 13.6. The minimum atomic E-state index is -0.0685. The number of halogens is 1. The number of aliphatic hydroxyl groups excluding tert-OH is 1. The monoisotopic (exact) mass is 318 g/mol. The van der Waals surface area contributed by atoms with Gasteiger partial charge >= 0.3 is 0 Å². The predicted octanol–water partition coefficient (Wildman–Crippen LogP) is 4.89. The molecule has 118 valence electrons. The number of hydrogen-bond acceptors (Lipinski definition) is 2. The molecule has 2 rings (SSSR count). The van der Waals surface area contributed by atoms with Crippen LogP contribution < -0.4 is 4.74 Å². The Morgan fingerprint density at radius 3 is 2.05 bits per heavy atom. The molecule has 2 nitrogen and oxygen atoms in total. The summed E-state index contributed by atoms with van der Waals surface area (Å²) in [6.07, 6.45) is 0. The average Bonchev–Trinajstić information content (AvgIpc) is 2.52. The van der Waals surface area contributed by atoms with E-state index in [1.54, 1.807) is 7.11 Å². The van der Waals surface area contributed by atoms with E-state index in [2.05, 4.69) is 45.0 Å². The standard InChI is InChI=1S/C19H23ClO2/c1-19(2,3)17-7-5-13(6-8-17)14-9-15(11-20)18(22-4)16(10-14)12-21/h5-10,21H,11-12H2,1-4H3. The quantitative estimate of drug-likeness (QED) is 0.813. The molecule has 0 aliphatic heterocycles. The Morgan fingerprint density at radius 2 is 1.59 bits per heavy atom. The van der Waals surface area contributed by atoms with Gasteiger partial charge in [-0.15, -0.1) is 11.6 Å². The Morgan fingerprint density at radius 1 is 1.00 bits per heavy atom. The lowest BCUT2D eigenvalue weighted by atomic mass is 9.86. The van der Waals surface area contributed by atoms with Gasteiger partial charge in [0.15, 0.2) is 0 Å². The van der Waals surface area contributed by atoms with Gasteiger partial charge in [0, 0.05) is 11.1 Å². The maximum atomic E-state index is 9.57. The van der Waals surface area contributed by atoms with Crippen molar-refractivity contribution in [2.75, 3.05) is 7.11 Å². The molecule has 0 heterocycles. The van der Waals surface area contributed by atoms with Gasteiger partial charge in [0.05, 0.1) is 19.6 Å². The van der Waals surface area contributed by atoms with Crippen LogP contribution in [0.4, 0.5) is 0 Å². The maximum Gasteiger partial charge on any atom is 0.128 e. The molecule has 2 aromatic carbocycles. The lowest BCUT2D eigenvalue weighted by Crippen LogP contribution is -2.10. The molecule has 0 amide bonds. The Kier molecular flexibility index (Phi) is 5.15. The average molecular weight is 319 g/mol.